The average molecular weight is 218 g/mol. The highest BCUT2D eigenvalue weighted by molar-refractivity contribution is 5.72. The molecule has 1 unspecified atom stereocenters. The Morgan fingerprint density at radius 2 is 2.06 bits per heavy atom. The van der Waals surface area contributed by atoms with Crippen molar-refractivity contribution in [2.75, 3.05) is 0 Å². The van der Waals surface area contributed by atoms with Gasteiger partial charge in [0.2, 0.25) is 0 Å². The van der Waals surface area contributed by atoms with E-state index in [2.05, 4.69) is 0 Å². The molecule has 1 aromatic carbocycles. The molecule has 0 amide bonds. The Morgan fingerprint density at radius 1 is 1.38 bits per heavy atom. The Balaban J connectivity index is 1.79. The fraction of sp³-hybridized carbons (Fsp3) is 0.500. The first-order chi connectivity index (χ1) is 7.77. The molecule has 2 rings (SSSR count). The lowest BCUT2D eigenvalue weighted by atomic mass is 9.77. The van der Waals surface area contributed by atoms with Crippen LogP contribution in [0.1, 0.15) is 31.7 Å². The van der Waals surface area contributed by atoms with Crippen molar-refractivity contribution in [2.45, 2.75) is 32.8 Å². The van der Waals surface area contributed by atoms with Gasteiger partial charge in [-0.15, -0.1) is 0 Å². The highest BCUT2D eigenvalue weighted by Crippen LogP contribution is 2.33. The molecular formula is C14H18O2. The van der Waals surface area contributed by atoms with Crippen molar-refractivity contribution in [1.82, 2.24) is 0 Å². The van der Waals surface area contributed by atoms with Crippen molar-refractivity contribution in [1.29, 1.82) is 0 Å². The molecule has 1 aromatic rings. The second kappa shape index (κ2) is 5.15. The number of carbonyl (C=O) groups excluding carboxylic acids is 1. The van der Waals surface area contributed by atoms with Crippen LogP contribution < -0.4 is 0 Å². The summed E-state index contributed by atoms with van der Waals surface area (Å²) in [6.07, 6.45) is 3.63. The summed E-state index contributed by atoms with van der Waals surface area (Å²) >= 11 is 0. The maximum absolute atomic E-state index is 11.7. The number of rotatable bonds is 4. The van der Waals surface area contributed by atoms with E-state index in [0.29, 0.717) is 12.5 Å². The molecule has 0 radical (unpaired) electrons. The topological polar surface area (TPSA) is 26.3 Å². The maximum atomic E-state index is 11.7. The molecule has 1 saturated carbocycles. The Hall–Kier alpha value is -1.31. The molecule has 1 aliphatic carbocycles. The van der Waals surface area contributed by atoms with Crippen molar-refractivity contribution >= 4 is 5.97 Å². The van der Waals surface area contributed by atoms with Crippen molar-refractivity contribution in [3.05, 3.63) is 35.9 Å². The van der Waals surface area contributed by atoms with Crippen LogP contribution in [0, 0.1) is 11.8 Å². The Bertz CT molecular complexity index is 341. The third-order valence-corrected chi connectivity index (χ3v) is 3.45. The zero-order valence-corrected chi connectivity index (χ0v) is 9.69. The quantitative estimate of drug-likeness (QED) is 0.725. The lowest BCUT2D eigenvalue weighted by Crippen LogP contribution is -2.27. The normalized spacial score (nSPS) is 17.6. The van der Waals surface area contributed by atoms with E-state index in [-0.39, 0.29) is 11.9 Å². The molecule has 1 fully saturated rings. The Morgan fingerprint density at radius 3 is 2.62 bits per heavy atom. The molecule has 0 bridgehead atoms. The summed E-state index contributed by atoms with van der Waals surface area (Å²) in [5, 5.41) is 0. The molecule has 16 heavy (non-hydrogen) atoms. The smallest absolute Gasteiger partial charge is 0.309 e. The molecule has 2 nitrogen and oxygen atoms in total. The summed E-state index contributed by atoms with van der Waals surface area (Å²) in [4.78, 5) is 11.7. The SMILES string of the molecule is CC(C(=O)OCc1ccccc1)C1CCC1. The minimum Gasteiger partial charge on any atom is -0.461 e. The number of hydrogen-bond donors (Lipinski definition) is 0. The van der Waals surface area contributed by atoms with E-state index in [1.165, 1.54) is 19.3 Å². The third-order valence-electron chi connectivity index (χ3n) is 3.45. The van der Waals surface area contributed by atoms with Crippen molar-refractivity contribution in [2.24, 2.45) is 11.8 Å². The number of esters is 1. The van der Waals surface area contributed by atoms with Crippen LogP contribution >= 0.6 is 0 Å². The highest BCUT2D eigenvalue weighted by Gasteiger charge is 2.29. The monoisotopic (exact) mass is 218 g/mol. The van der Waals surface area contributed by atoms with Crippen LogP contribution in [0.2, 0.25) is 0 Å². The average Bonchev–Trinajstić information content (AvgIpc) is 2.25. The molecule has 0 aliphatic heterocycles. The van der Waals surface area contributed by atoms with Gasteiger partial charge < -0.3 is 4.74 Å². The van der Waals surface area contributed by atoms with Crippen molar-refractivity contribution < 1.29 is 9.53 Å². The van der Waals surface area contributed by atoms with Gasteiger partial charge >= 0.3 is 5.97 Å². The molecular weight excluding hydrogens is 200 g/mol. The van der Waals surface area contributed by atoms with E-state index in [1.54, 1.807) is 0 Å². The molecule has 0 aromatic heterocycles. The van der Waals surface area contributed by atoms with Gasteiger partial charge in [-0.1, -0.05) is 43.7 Å². The van der Waals surface area contributed by atoms with Crippen LogP contribution in [0.15, 0.2) is 30.3 Å². The van der Waals surface area contributed by atoms with Gasteiger partial charge in [0.15, 0.2) is 0 Å². The first kappa shape index (κ1) is 11.2. The fourth-order valence-corrected chi connectivity index (χ4v) is 1.99. The predicted octanol–water partition coefficient (Wildman–Crippen LogP) is 3.17. The lowest BCUT2D eigenvalue weighted by Gasteiger charge is -2.29. The highest BCUT2D eigenvalue weighted by atomic mass is 16.5. The van der Waals surface area contributed by atoms with Crippen LogP contribution in [0.3, 0.4) is 0 Å². The zero-order valence-electron chi connectivity index (χ0n) is 9.69. The van der Waals surface area contributed by atoms with Gasteiger partial charge in [-0.05, 0) is 24.3 Å². The molecule has 0 N–H and O–H groups in total. The van der Waals surface area contributed by atoms with Gasteiger partial charge in [0.1, 0.15) is 6.61 Å². The third kappa shape index (κ3) is 2.63. The van der Waals surface area contributed by atoms with Gasteiger partial charge in [0.25, 0.3) is 0 Å². The summed E-state index contributed by atoms with van der Waals surface area (Å²) in [6, 6.07) is 9.82. The zero-order chi connectivity index (χ0) is 11.4. The van der Waals surface area contributed by atoms with E-state index in [1.807, 2.05) is 37.3 Å². The van der Waals surface area contributed by atoms with E-state index < -0.39 is 0 Å². The molecule has 0 saturated heterocycles. The minimum absolute atomic E-state index is 0.0476. The summed E-state index contributed by atoms with van der Waals surface area (Å²) in [7, 11) is 0. The minimum atomic E-state index is -0.0476. The van der Waals surface area contributed by atoms with Gasteiger partial charge in [0.05, 0.1) is 5.92 Å². The van der Waals surface area contributed by atoms with E-state index in [4.69, 9.17) is 4.74 Å². The van der Waals surface area contributed by atoms with Crippen LogP contribution in [0.25, 0.3) is 0 Å². The molecule has 0 heterocycles. The van der Waals surface area contributed by atoms with Gasteiger partial charge in [-0.25, -0.2) is 0 Å². The molecule has 1 aliphatic rings. The summed E-state index contributed by atoms with van der Waals surface area (Å²) in [5.74, 6) is 0.578. The molecule has 1 atom stereocenters. The number of carbonyl (C=O) groups is 1. The molecule has 2 heteroatoms. The Labute approximate surface area is 96.6 Å². The molecule has 86 valence electrons. The summed E-state index contributed by atoms with van der Waals surface area (Å²) in [6.45, 7) is 2.38. The number of ether oxygens (including phenoxy) is 1. The second-order valence-corrected chi connectivity index (χ2v) is 4.57. The summed E-state index contributed by atoms with van der Waals surface area (Å²) in [5.41, 5.74) is 1.05. The van der Waals surface area contributed by atoms with Crippen molar-refractivity contribution in [3.63, 3.8) is 0 Å². The fourth-order valence-electron chi connectivity index (χ4n) is 1.99. The number of benzene rings is 1. The predicted molar refractivity (Wildman–Crippen MR) is 62.7 cm³/mol. The van der Waals surface area contributed by atoms with E-state index in [9.17, 15) is 4.79 Å². The van der Waals surface area contributed by atoms with Crippen LogP contribution in [-0.2, 0) is 16.1 Å². The van der Waals surface area contributed by atoms with E-state index >= 15 is 0 Å². The molecule has 0 spiro atoms. The van der Waals surface area contributed by atoms with Gasteiger partial charge in [0, 0.05) is 0 Å². The van der Waals surface area contributed by atoms with Gasteiger partial charge in [-0.3, -0.25) is 4.79 Å². The van der Waals surface area contributed by atoms with E-state index in [0.717, 1.165) is 5.56 Å². The number of hydrogen-bond acceptors (Lipinski definition) is 2. The largest absolute Gasteiger partial charge is 0.461 e. The van der Waals surface area contributed by atoms with Crippen LogP contribution in [0.5, 0.6) is 0 Å². The van der Waals surface area contributed by atoms with Crippen LogP contribution in [-0.4, -0.2) is 5.97 Å². The maximum Gasteiger partial charge on any atom is 0.309 e. The lowest BCUT2D eigenvalue weighted by molar-refractivity contribution is -0.152. The first-order valence-electron chi connectivity index (χ1n) is 5.98. The van der Waals surface area contributed by atoms with Crippen molar-refractivity contribution in [3.8, 4) is 0 Å². The summed E-state index contributed by atoms with van der Waals surface area (Å²) < 4.78 is 5.31. The van der Waals surface area contributed by atoms with Gasteiger partial charge in [-0.2, -0.15) is 0 Å². The van der Waals surface area contributed by atoms with Crippen LogP contribution in [0.4, 0.5) is 0 Å². The second-order valence-electron chi connectivity index (χ2n) is 4.57. The first-order valence-corrected chi connectivity index (χ1v) is 5.98. The Kier molecular flexibility index (Phi) is 3.60. The standard InChI is InChI=1S/C14H18O2/c1-11(13-8-5-9-13)14(15)16-10-12-6-3-2-4-7-12/h2-4,6-7,11,13H,5,8-10H2,1H3.